The summed E-state index contributed by atoms with van der Waals surface area (Å²) in [5.41, 5.74) is 0. The molecule has 1 N–H and O–H groups in total. The summed E-state index contributed by atoms with van der Waals surface area (Å²) in [7, 11) is 0. The Labute approximate surface area is 111 Å². The maximum Gasteiger partial charge on any atom is 0.236 e. The van der Waals surface area contributed by atoms with Crippen molar-refractivity contribution < 1.29 is 4.79 Å². The lowest BCUT2D eigenvalue weighted by Gasteiger charge is -2.34. The molecule has 18 heavy (non-hydrogen) atoms. The van der Waals surface area contributed by atoms with Crippen molar-refractivity contribution >= 4 is 5.91 Å². The summed E-state index contributed by atoms with van der Waals surface area (Å²) in [5, 5.41) is 3.50. The van der Waals surface area contributed by atoms with Gasteiger partial charge in [0.05, 0.1) is 6.54 Å². The maximum atomic E-state index is 12.1. The second-order valence-electron chi connectivity index (χ2n) is 6.32. The van der Waals surface area contributed by atoms with E-state index in [1.54, 1.807) is 0 Å². The fourth-order valence-electron chi connectivity index (χ4n) is 3.44. The Morgan fingerprint density at radius 2 is 1.89 bits per heavy atom. The molecule has 1 aliphatic carbocycles. The first-order valence-corrected chi connectivity index (χ1v) is 7.68. The molecule has 0 aromatic heterocycles. The van der Waals surface area contributed by atoms with Crippen LogP contribution in [0.25, 0.3) is 0 Å². The Hall–Kier alpha value is -0.570. The highest BCUT2D eigenvalue weighted by atomic mass is 16.2. The molecule has 2 fully saturated rings. The number of likely N-dealkylation sites (tertiary alicyclic amines) is 1. The number of carbonyl (C=O) groups excluding carboxylic acids is 1. The van der Waals surface area contributed by atoms with E-state index < -0.39 is 0 Å². The first kappa shape index (κ1) is 13.9. The Morgan fingerprint density at radius 1 is 1.17 bits per heavy atom. The van der Waals surface area contributed by atoms with Crippen LogP contribution in [0.1, 0.15) is 52.4 Å². The van der Waals surface area contributed by atoms with E-state index in [1.165, 1.54) is 38.5 Å². The normalized spacial score (nSPS) is 33.4. The summed E-state index contributed by atoms with van der Waals surface area (Å²) in [6.07, 6.45) is 7.49. The molecular weight excluding hydrogens is 224 g/mol. The van der Waals surface area contributed by atoms with Gasteiger partial charge in [-0.15, -0.1) is 0 Å². The van der Waals surface area contributed by atoms with Crippen LogP contribution >= 0.6 is 0 Å². The third-order valence-corrected chi connectivity index (χ3v) is 4.66. The van der Waals surface area contributed by atoms with Crippen LogP contribution in [0.15, 0.2) is 0 Å². The van der Waals surface area contributed by atoms with Gasteiger partial charge in [0.25, 0.3) is 0 Å². The molecule has 0 aromatic rings. The molecule has 0 radical (unpaired) electrons. The average molecular weight is 252 g/mol. The van der Waals surface area contributed by atoms with Crippen LogP contribution in [0.4, 0.5) is 0 Å². The molecule has 3 unspecified atom stereocenters. The number of nitrogens with zero attached hydrogens (tertiary/aromatic N) is 1. The number of carbonyl (C=O) groups is 1. The lowest BCUT2D eigenvalue weighted by molar-refractivity contribution is -0.131. The number of hydrogen-bond donors (Lipinski definition) is 1. The van der Waals surface area contributed by atoms with Crippen LogP contribution < -0.4 is 5.32 Å². The second-order valence-corrected chi connectivity index (χ2v) is 6.32. The minimum atomic E-state index is 0.306. The standard InChI is InChI=1S/C15H28N2O/c1-12-6-7-14(13(2)10-12)16-11-15(18)17-8-4-3-5-9-17/h12-14,16H,3-11H2,1-2H3. The van der Waals surface area contributed by atoms with Crippen molar-refractivity contribution in [3.8, 4) is 0 Å². The van der Waals surface area contributed by atoms with Gasteiger partial charge in [-0.2, -0.15) is 0 Å². The van der Waals surface area contributed by atoms with Crippen molar-refractivity contribution in [2.24, 2.45) is 11.8 Å². The number of nitrogens with one attached hydrogen (secondary N) is 1. The third-order valence-electron chi connectivity index (χ3n) is 4.66. The summed E-state index contributed by atoms with van der Waals surface area (Å²) in [6.45, 7) is 7.14. The van der Waals surface area contributed by atoms with Crippen molar-refractivity contribution in [2.45, 2.75) is 58.4 Å². The lowest BCUT2D eigenvalue weighted by atomic mass is 9.80. The third kappa shape index (κ3) is 3.71. The molecule has 2 rings (SSSR count). The number of rotatable bonds is 3. The van der Waals surface area contributed by atoms with Crippen molar-refractivity contribution in [3.05, 3.63) is 0 Å². The molecular formula is C15H28N2O. The van der Waals surface area contributed by atoms with E-state index in [-0.39, 0.29) is 0 Å². The number of piperidine rings is 1. The summed E-state index contributed by atoms with van der Waals surface area (Å²) in [4.78, 5) is 14.1. The van der Waals surface area contributed by atoms with E-state index >= 15 is 0 Å². The Balaban J connectivity index is 1.71. The molecule has 3 nitrogen and oxygen atoms in total. The van der Waals surface area contributed by atoms with Gasteiger partial charge in [0.2, 0.25) is 5.91 Å². The van der Waals surface area contributed by atoms with Gasteiger partial charge < -0.3 is 10.2 Å². The van der Waals surface area contributed by atoms with Crippen molar-refractivity contribution in [1.82, 2.24) is 10.2 Å². The van der Waals surface area contributed by atoms with E-state index in [0.717, 1.165) is 19.0 Å². The average Bonchev–Trinajstić information content (AvgIpc) is 2.38. The van der Waals surface area contributed by atoms with Crippen molar-refractivity contribution in [3.63, 3.8) is 0 Å². The van der Waals surface area contributed by atoms with Gasteiger partial charge in [-0.25, -0.2) is 0 Å². The zero-order chi connectivity index (χ0) is 13.0. The van der Waals surface area contributed by atoms with Gasteiger partial charge in [0.15, 0.2) is 0 Å². The fraction of sp³-hybridized carbons (Fsp3) is 0.933. The summed E-state index contributed by atoms with van der Waals surface area (Å²) >= 11 is 0. The summed E-state index contributed by atoms with van der Waals surface area (Å²) < 4.78 is 0. The Kier molecular flexibility index (Phi) is 5.04. The van der Waals surface area contributed by atoms with Gasteiger partial charge in [-0.3, -0.25) is 4.79 Å². The zero-order valence-electron chi connectivity index (χ0n) is 12.0. The molecule has 0 aromatic carbocycles. The molecule has 2 aliphatic rings. The topological polar surface area (TPSA) is 32.3 Å². The maximum absolute atomic E-state index is 12.1. The van der Waals surface area contributed by atoms with Crippen molar-refractivity contribution in [1.29, 1.82) is 0 Å². The molecule has 3 heteroatoms. The summed E-state index contributed by atoms with van der Waals surface area (Å²) in [5.74, 6) is 1.87. The largest absolute Gasteiger partial charge is 0.342 e. The molecule has 0 bridgehead atoms. The minimum absolute atomic E-state index is 0.306. The molecule has 0 spiro atoms. The highest BCUT2D eigenvalue weighted by Crippen LogP contribution is 2.28. The molecule has 1 amide bonds. The van der Waals surface area contributed by atoms with Crippen LogP contribution in [0.3, 0.4) is 0 Å². The smallest absolute Gasteiger partial charge is 0.236 e. The molecule has 104 valence electrons. The van der Waals surface area contributed by atoms with E-state index in [2.05, 4.69) is 19.2 Å². The van der Waals surface area contributed by atoms with Crippen LogP contribution in [0.5, 0.6) is 0 Å². The van der Waals surface area contributed by atoms with E-state index in [4.69, 9.17) is 0 Å². The molecule has 3 atom stereocenters. The summed E-state index contributed by atoms with van der Waals surface area (Å²) in [6, 6.07) is 0.551. The predicted octanol–water partition coefficient (Wildman–Crippen LogP) is 2.41. The van der Waals surface area contributed by atoms with E-state index in [9.17, 15) is 4.79 Å². The zero-order valence-corrected chi connectivity index (χ0v) is 12.0. The van der Waals surface area contributed by atoms with E-state index in [0.29, 0.717) is 24.4 Å². The Morgan fingerprint density at radius 3 is 2.56 bits per heavy atom. The molecule has 1 saturated heterocycles. The quantitative estimate of drug-likeness (QED) is 0.836. The van der Waals surface area contributed by atoms with Crippen LogP contribution in [-0.2, 0) is 4.79 Å². The van der Waals surface area contributed by atoms with Gasteiger partial charge in [-0.1, -0.05) is 13.8 Å². The molecule has 1 saturated carbocycles. The minimum Gasteiger partial charge on any atom is -0.342 e. The first-order valence-electron chi connectivity index (χ1n) is 7.68. The highest BCUT2D eigenvalue weighted by molar-refractivity contribution is 5.78. The predicted molar refractivity (Wildman–Crippen MR) is 74.4 cm³/mol. The van der Waals surface area contributed by atoms with Crippen LogP contribution in [0.2, 0.25) is 0 Å². The van der Waals surface area contributed by atoms with Crippen LogP contribution in [0, 0.1) is 11.8 Å². The molecule has 1 aliphatic heterocycles. The fourth-order valence-corrected chi connectivity index (χ4v) is 3.44. The van der Waals surface area contributed by atoms with Gasteiger partial charge in [0.1, 0.15) is 0 Å². The highest BCUT2D eigenvalue weighted by Gasteiger charge is 2.26. The second kappa shape index (κ2) is 6.55. The van der Waals surface area contributed by atoms with Crippen LogP contribution in [-0.4, -0.2) is 36.5 Å². The molecule has 1 heterocycles. The first-order chi connectivity index (χ1) is 8.66. The van der Waals surface area contributed by atoms with Gasteiger partial charge in [0, 0.05) is 19.1 Å². The number of amides is 1. The van der Waals surface area contributed by atoms with E-state index in [1.807, 2.05) is 4.90 Å². The van der Waals surface area contributed by atoms with Gasteiger partial charge in [-0.05, 0) is 50.4 Å². The lowest BCUT2D eigenvalue weighted by Crippen LogP contribution is -2.46. The SMILES string of the molecule is CC1CCC(NCC(=O)N2CCCCC2)C(C)C1. The van der Waals surface area contributed by atoms with Crippen molar-refractivity contribution in [2.75, 3.05) is 19.6 Å². The number of hydrogen-bond acceptors (Lipinski definition) is 2. The van der Waals surface area contributed by atoms with Gasteiger partial charge >= 0.3 is 0 Å². The monoisotopic (exact) mass is 252 g/mol. The Bertz CT molecular complexity index is 274.